The first-order chi connectivity index (χ1) is 7.15. The van der Waals surface area contributed by atoms with Gasteiger partial charge in [0.05, 0.1) is 5.56 Å². The molecule has 0 aliphatic heterocycles. The quantitative estimate of drug-likeness (QED) is 0.764. The molecular formula is C10H15N3O2. The Hall–Kier alpha value is -1.62. The van der Waals surface area contributed by atoms with Crippen molar-refractivity contribution in [3.05, 3.63) is 23.9 Å². The van der Waals surface area contributed by atoms with E-state index in [4.69, 9.17) is 10.5 Å². The number of aromatic nitrogens is 1. The molecule has 0 unspecified atom stereocenters. The normalized spacial score (nSPS) is 9.80. The molecule has 1 amide bonds. The van der Waals surface area contributed by atoms with Crippen LogP contribution in [0.1, 0.15) is 10.4 Å². The second-order valence-electron chi connectivity index (χ2n) is 3.22. The number of carbonyl (C=O) groups is 1. The van der Waals surface area contributed by atoms with Crippen LogP contribution < -0.4 is 10.5 Å². The molecule has 0 aliphatic rings. The molecule has 2 N–H and O–H groups in total. The van der Waals surface area contributed by atoms with Gasteiger partial charge in [0.1, 0.15) is 6.61 Å². The number of pyridine rings is 1. The van der Waals surface area contributed by atoms with Crippen LogP contribution in [0, 0.1) is 0 Å². The van der Waals surface area contributed by atoms with E-state index in [1.54, 1.807) is 26.2 Å². The van der Waals surface area contributed by atoms with Crippen molar-refractivity contribution in [1.29, 1.82) is 0 Å². The second-order valence-corrected chi connectivity index (χ2v) is 3.22. The first-order valence-electron chi connectivity index (χ1n) is 4.65. The Labute approximate surface area is 88.9 Å². The van der Waals surface area contributed by atoms with Gasteiger partial charge in [-0.2, -0.15) is 0 Å². The van der Waals surface area contributed by atoms with Crippen molar-refractivity contribution in [2.75, 3.05) is 27.2 Å². The van der Waals surface area contributed by atoms with Crippen LogP contribution in [0.15, 0.2) is 18.3 Å². The van der Waals surface area contributed by atoms with Crippen molar-refractivity contribution in [3.63, 3.8) is 0 Å². The van der Waals surface area contributed by atoms with Crippen LogP contribution in [0.4, 0.5) is 0 Å². The number of rotatable bonds is 4. The minimum absolute atomic E-state index is 0.0760. The SMILES string of the molecule is CN(C)C(=O)c1ccc(OCCN)nc1. The summed E-state index contributed by atoms with van der Waals surface area (Å²) in [4.78, 5) is 17.0. The Morgan fingerprint density at radius 3 is 2.73 bits per heavy atom. The Morgan fingerprint density at radius 1 is 1.53 bits per heavy atom. The van der Waals surface area contributed by atoms with Gasteiger partial charge in [-0.1, -0.05) is 0 Å². The second kappa shape index (κ2) is 5.31. The Kier molecular flexibility index (Phi) is 4.05. The van der Waals surface area contributed by atoms with E-state index in [1.165, 1.54) is 11.1 Å². The van der Waals surface area contributed by atoms with Gasteiger partial charge in [-0.3, -0.25) is 4.79 Å². The molecule has 0 saturated heterocycles. The largest absolute Gasteiger partial charge is 0.476 e. The molecule has 0 fully saturated rings. The third kappa shape index (κ3) is 3.21. The molecule has 0 aromatic carbocycles. The number of amides is 1. The molecule has 0 bridgehead atoms. The van der Waals surface area contributed by atoms with Crippen LogP contribution in [0.25, 0.3) is 0 Å². The summed E-state index contributed by atoms with van der Waals surface area (Å²) in [5.74, 6) is 0.406. The van der Waals surface area contributed by atoms with Gasteiger partial charge in [-0.25, -0.2) is 4.98 Å². The van der Waals surface area contributed by atoms with E-state index >= 15 is 0 Å². The van der Waals surface area contributed by atoms with Gasteiger partial charge in [-0.15, -0.1) is 0 Å². The Bertz CT molecular complexity index is 322. The van der Waals surface area contributed by atoms with E-state index in [9.17, 15) is 4.79 Å². The van der Waals surface area contributed by atoms with Crippen LogP contribution >= 0.6 is 0 Å². The number of carbonyl (C=O) groups excluding carboxylic acids is 1. The first kappa shape index (κ1) is 11.5. The van der Waals surface area contributed by atoms with Gasteiger partial charge in [0.15, 0.2) is 0 Å². The lowest BCUT2D eigenvalue weighted by Crippen LogP contribution is -2.21. The summed E-state index contributed by atoms with van der Waals surface area (Å²) < 4.78 is 5.19. The molecule has 82 valence electrons. The summed E-state index contributed by atoms with van der Waals surface area (Å²) in [5, 5.41) is 0. The maximum Gasteiger partial charge on any atom is 0.254 e. The van der Waals surface area contributed by atoms with Crippen LogP contribution in [0.2, 0.25) is 0 Å². The minimum Gasteiger partial charge on any atom is -0.476 e. The minimum atomic E-state index is -0.0760. The van der Waals surface area contributed by atoms with E-state index in [2.05, 4.69) is 4.98 Å². The summed E-state index contributed by atoms with van der Waals surface area (Å²) in [5.41, 5.74) is 5.82. The fraction of sp³-hybridized carbons (Fsp3) is 0.400. The maximum atomic E-state index is 11.5. The standard InChI is InChI=1S/C10H15N3O2/c1-13(2)10(14)8-3-4-9(12-7-8)15-6-5-11/h3-4,7H,5-6,11H2,1-2H3. The topological polar surface area (TPSA) is 68.5 Å². The third-order valence-corrected chi connectivity index (χ3v) is 1.76. The van der Waals surface area contributed by atoms with Crippen LogP contribution in [-0.2, 0) is 0 Å². The van der Waals surface area contributed by atoms with Crippen LogP contribution in [-0.4, -0.2) is 43.0 Å². The zero-order valence-corrected chi connectivity index (χ0v) is 8.93. The molecule has 0 radical (unpaired) electrons. The average Bonchev–Trinajstić information content (AvgIpc) is 2.26. The van der Waals surface area contributed by atoms with E-state index in [1.807, 2.05) is 0 Å². The molecule has 1 aromatic rings. The van der Waals surface area contributed by atoms with Gasteiger partial charge in [0.25, 0.3) is 5.91 Å². The number of nitrogens with zero attached hydrogens (tertiary/aromatic N) is 2. The predicted octanol–water partition coefficient (Wildman–Crippen LogP) is 0.121. The molecule has 0 spiro atoms. The maximum absolute atomic E-state index is 11.5. The van der Waals surface area contributed by atoms with Gasteiger partial charge >= 0.3 is 0 Å². The fourth-order valence-corrected chi connectivity index (χ4v) is 1.01. The molecular weight excluding hydrogens is 194 g/mol. The number of hydrogen-bond acceptors (Lipinski definition) is 4. The highest BCUT2D eigenvalue weighted by Gasteiger charge is 2.07. The van der Waals surface area contributed by atoms with Crippen molar-refractivity contribution < 1.29 is 9.53 Å². The molecule has 0 saturated carbocycles. The monoisotopic (exact) mass is 209 g/mol. The molecule has 1 aromatic heterocycles. The lowest BCUT2D eigenvalue weighted by Gasteiger charge is -2.10. The number of ether oxygens (including phenoxy) is 1. The molecule has 1 rings (SSSR count). The average molecular weight is 209 g/mol. The van der Waals surface area contributed by atoms with Crippen LogP contribution in [0.3, 0.4) is 0 Å². The van der Waals surface area contributed by atoms with E-state index in [0.717, 1.165) is 0 Å². The van der Waals surface area contributed by atoms with E-state index in [-0.39, 0.29) is 5.91 Å². The van der Waals surface area contributed by atoms with Gasteiger partial charge in [0.2, 0.25) is 5.88 Å². The highest BCUT2D eigenvalue weighted by molar-refractivity contribution is 5.93. The first-order valence-corrected chi connectivity index (χ1v) is 4.65. The highest BCUT2D eigenvalue weighted by atomic mass is 16.5. The smallest absolute Gasteiger partial charge is 0.254 e. The summed E-state index contributed by atoms with van der Waals surface area (Å²) >= 11 is 0. The van der Waals surface area contributed by atoms with Crippen molar-refractivity contribution in [2.45, 2.75) is 0 Å². The summed E-state index contributed by atoms with van der Waals surface area (Å²) in [6, 6.07) is 3.34. The van der Waals surface area contributed by atoms with Crippen molar-refractivity contribution in [3.8, 4) is 5.88 Å². The Balaban J connectivity index is 2.68. The molecule has 5 heteroatoms. The van der Waals surface area contributed by atoms with E-state index < -0.39 is 0 Å². The lowest BCUT2D eigenvalue weighted by molar-refractivity contribution is 0.0827. The fourth-order valence-electron chi connectivity index (χ4n) is 1.01. The highest BCUT2D eigenvalue weighted by Crippen LogP contribution is 2.08. The summed E-state index contributed by atoms with van der Waals surface area (Å²) in [6.45, 7) is 0.869. The van der Waals surface area contributed by atoms with E-state index in [0.29, 0.717) is 24.6 Å². The molecule has 0 atom stereocenters. The predicted molar refractivity (Wildman–Crippen MR) is 56.8 cm³/mol. The van der Waals surface area contributed by atoms with Crippen LogP contribution in [0.5, 0.6) is 5.88 Å². The lowest BCUT2D eigenvalue weighted by atomic mass is 10.2. The number of hydrogen-bond donors (Lipinski definition) is 1. The molecule has 5 nitrogen and oxygen atoms in total. The zero-order valence-electron chi connectivity index (χ0n) is 8.93. The third-order valence-electron chi connectivity index (χ3n) is 1.76. The van der Waals surface area contributed by atoms with Gasteiger partial charge < -0.3 is 15.4 Å². The van der Waals surface area contributed by atoms with Crippen molar-refractivity contribution >= 4 is 5.91 Å². The molecule has 0 aliphatic carbocycles. The summed E-state index contributed by atoms with van der Waals surface area (Å²) in [7, 11) is 3.39. The zero-order chi connectivity index (χ0) is 11.3. The molecule has 1 heterocycles. The van der Waals surface area contributed by atoms with Gasteiger partial charge in [-0.05, 0) is 6.07 Å². The Morgan fingerprint density at radius 2 is 2.27 bits per heavy atom. The number of nitrogens with two attached hydrogens (primary N) is 1. The van der Waals surface area contributed by atoms with Crippen molar-refractivity contribution in [2.24, 2.45) is 5.73 Å². The van der Waals surface area contributed by atoms with Gasteiger partial charge in [0, 0.05) is 32.9 Å². The summed E-state index contributed by atoms with van der Waals surface area (Å²) in [6.07, 6.45) is 1.49. The molecule has 15 heavy (non-hydrogen) atoms. The van der Waals surface area contributed by atoms with Crippen molar-refractivity contribution in [1.82, 2.24) is 9.88 Å².